The van der Waals surface area contributed by atoms with Crippen LogP contribution in [0, 0.1) is 0 Å². The fourth-order valence-electron chi connectivity index (χ4n) is 1.51. The highest BCUT2D eigenvalue weighted by atomic mass is 15.2. The molecule has 1 aromatic rings. The van der Waals surface area contributed by atoms with Crippen LogP contribution in [0.5, 0.6) is 0 Å². The molecule has 1 aromatic heterocycles. The predicted molar refractivity (Wildman–Crippen MR) is 57.9 cm³/mol. The second-order valence-corrected chi connectivity index (χ2v) is 3.96. The predicted octanol–water partition coefficient (Wildman–Crippen LogP) is 0.760. The van der Waals surface area contributed by atoms with Crippen molar-refractivity contribution < 1.29 is 0 Å². The lowest BCUT2D eigenvalue weighted by Crippen LogP contribution is -2.35. The maximum absolute atomic E-state index is 5.77. The summed E-state index contributed by atoms with van der Waals surface area (Å²) in [5, 5.41) is 4.16. The van der Waals surface area contributed by atoms with Crippen LogP contribution in [0.25, 0.3) is 0 Å². The highest BCUT2D eigenvalue weighted by Crippen LogP contribution is 2.19. The molecule has 1 rings (SSSR count). The van der Waals surface area contributed by atoms with Crippen molar-refractivity contribution in [3.8, 4) is 0 Å². The average Bonchev–Trinajstić information content (AvgIpc) is 2.53. The molecule has 0 aromatic carbocycles. The van der Waals surface area contributed by atoms with Gasteiger partial charge in [0, 0.05) is 31.4 Å². The zero-order valence-corrected chi connectivity index (χ0v) is 9.44. The Morgan fingerprint density at radius 1 is 1.57 bits per heavy atom. The first kappa shape index (κ1) is 11.2. The van der Waals surface area contributed by atoms with Gasteiger partial charge in [-0.05, 0) is 20.9 Å². The van der Waals surface area contributed by atoms with Gasteiger partial charge in [-0.3, -0.25) is 9.58 Å². The van der Waals surface area contributed by atoms with E-state index in [1.807, 2.05) is 24.1 Å². The standard InChI is InChI=1S/C10H20N4/c1-8(2)14(4)10(5-11)9-6-12-13(3)7-9/h6-8,10H,5,11H2,1-4H3. The van der Waals surface area contributed by atoms with Gasteiger partial charge in [-0.1, -0.05) is 0 Å². The molecule has 0 aliphatic rings. The van der Waals surface area contributed by atoms with E-state index < -0.39 is 0 Å². The van der Waals surface area contributed by atoms with Crippen molar-refractivity contribution in [3.05, 3.63) is 18.0 Å². The highest BCUT2D eigenvalue weighted by Gasteiger charge is 2.18. The van der Waals surface area contributed by atoms with Crippen LogP contribution in [0.4, 0.5) is 0 Å². The normalized spacial score (nSPS) is 13.9. The summed E-state index contributed by atoms with van der Waals surface area (Å²) >= 11 is 0. The third-order valence-electron chi connectivity index (χ3n) is 2.64. The Hall–Kier alpha value is -0.870. The lowest BCUT2D eigenvalue weighted by Gasteiger charge is -2.29. The topological polar surface area (TPSA) is 47.1 Å². The first-order valence-corrected chi connectivity index (χ1v) is 4.96. The molecule has 0 amide bonds. The molecule has 1 heterocycles. The summed E-state index contributed by atoms with van der Waals surface area (Å²) in [5.74, 6) is 0. The molecule has 2 N–H and O–H groups in total. The molecule has 0 saturated heterocycles. The quantitative estimate of drug-likeness (QED) is 0.773. The molecule has 0 fully saturated rings. The molecule has 14 heavy (non-hydrogen) atoms. The molecule has 4 heteroatoms. The summed E-state index contributed by atoms with van der Waals surface area (Å²) in [4.78, 5) is 2.26. The Balaban J connectivity index is 2.81. The van der Waals surface area contributed by atoms with Gasteiger partial charge < -0.3 is 5.73 Å². The van der Waals surface area contributed by atoms with Gasteiger partial charge in [0.2, 0.25) is 0 Å². The molecule has 0 saturated carbocycles. The van der Waals surface area contributed by atoms with Gasteiger partial charge in [0.1, 0.15) is 0 Å². The van der Waals surface area contributed by atoms with E-state index in [2.05, 4.69) is 30.9 Å². The largest absolute Gasteiger partial charge is 0.329 e. The second kappa shape index (κ2) is 4.57. The smallest absolute Gasteiger partial charge is 0.0538 e. The van der Waals surface area contributed by atoms with E-state index >= 15 is 0 Å². The molecular formula is C10H20N4. The van der Waals surface area contributed by atoms with Crippen LogP contribution >= 0.6 is 0 Å². The van der Waals surface area contributed by atoms with Crippen LogP contribution in [0.3, 0.4) is 0 Å². The number of nitrogens with two attached hydrogens (primary N) is 1. The Bertz CT molecular complexity index is 279. The van der Waals surface area contributed by atoms with Crippen molar-refractivity contribution >= 4 is 0 Å². The van der Waals surface area contributed by atoms with Crippen molar-refractivity contribution in [2.24, 2.45) is 12.8 Å². The molecule has 1 atom stereocenters. The van der Waals surface area contributed by atoms with Crippen molar-refractivity contribution in [3.63, 3.8) is 0 Å². The first-order valence-electron chi connectivity index (χ1n) is 4.96. The van der Waals surface area contributed by atoms with Crippen LogP contribution in [0.15, 0.2) is 12.4 Å². The molecule has 0 radical (unpaired) electrons. The first-order chi connectivity index (χ1) is 6.56. The Kier molecular flexibility index (Phi) is 3.66. The highest BCUT2D eigenvalue weighted by molar-refractivity contribution is 5.11. The Morgan fingerprint density at radius 3 is 2.57 bits per heavy atom. The van der Waals surface area contributed by atoms with Crippen molar-refractivity contribution in [1.29, 1.82) is 0 Å². The van der Waals surface area contributed by atoms with Gasteiger partial charge in [-0.15, -0.1) is 0 Å². The third-order valence-corrected chi connectivity index (χ3v) is 2.64. The molecule has 0 spiro atoms. The molecule has 80 valence electrons. The summed E-state index contributed by atoms with van der Waals surface area (Å²) in [6, 6.07) is 0.757. The third kappa shape index (κ3) is 2.33. The SMILES string of the molecule is CC(C)N(C)C(CN)c1cnn(C)c1. The number of aryl methyl sites for hydroxylation is 1. The Labute approximate surface area is 85.7 Å². The van der Waals surface area contributed by atoms with Gasteiger partial charge in [0.25, 0.3) is 0 Å². The van der Waals surface area contributed by atoms with Crippen LogP contribution < -0.4 is 5.73 Å². The van der Waals surface area contributed by atoms with E-state index in [0.717, 1.165) is 0 Å². The van der Waals surface area contributed by atoms with Gasteiger partial charge >= 0.3 is 0 Å². The number of nitrogens with zero attached hydrogens (tertiary/aromatic N) is 3. The fraction of sp³-hybridized carbons (Fsp3) is 0.700. The van der Waals surface area contributed by atoms with Crippen molar-refractivity contribution in [2.75, 3.05) is 13.6 Å². The number of likely N-dealkylation sites (N-methyl/N-ethyl adjacent to an activating group) is 1. The summed E-state index contributed by atoms with van der Waals surface area (Å²) in [6.45, 7) is 4.96. The zero-order chi connectivity index (χ0) is 10.7. The maximum atomic E-state index is 5.77. The van der Waals surface area contributed by atoms with Crippen LogP contribution in [0.2, 0.25) is 0 Å². The number of hydrogen-bond donors (Lipinski definition) is 1. The minimum atomic E-state index is 0.267. The van der Waals surface area contributed by atoms with E-state index in [1.54, 1.807) is 0 Å². The Morgan fingerprint density at radius 2 is 2.21 bits per heavy atom. The monoisotopic (exact) mass is 196 g/mol. The van der Waals surface area contributed by atoms with Gasteiger partial charge in [-0.25, -0.2) is 0 Å². The molecular weight excluding hydrogens is 176 g/mol. The minimum absolute atomic E-state index is 0.267. The van der Waals surface area contributed by atoms with Crippen LogP contribution in [0.1, 0.15) is 25.5 Å². The van der Waals surface area contributed by atoms with E-state index in [-0.39, 0.29) is 6.04 Å². The maximum Gasteiger partial charge on any atom is 0.0538 e. The average molecular weight is 196 g/mol. The molecule has 4 nitrogen and oxygen atoms in total. The van der Waals surface area contributed by atoms with E-state index in [4.69, 9.17) is 5.73 Å². The van der Waals surface area contributed by atoms with E-state index in [9.17, 15) is 0 Å². The van der Waals surface area contributed by atoms with Crippen molar-refractivity contribution in [1.82, 2.24) is 14.7 Å². The summed E-state index contributed by atoms with van der Waals surface area (Å²) in [5.41, 5.74) is 6.96. The summed E-state index contributed by atoms with van der Waals surface area (Å²) < 4.78 is 1.81. The number of hydrogen-bond acceptors (Lipinski definition) is 3. The van der Waals surface area contributed by atoms with Gasteiger partial charge in [0.15, 0.2) is 0 Å². The van der Waals surface area contributed by atoms with Crippen LogP contribution in [-0.4, -0.2) is 34.3 Å². The number of rotatable bonds is 4. The minimum Gasteiger partial charge on any atom is -0.329 e. The summed E-state index contributed by atoms with van der Waals surface area (Å²) in [7, 11) is 4.02. The van der Waals surface area contributed by atoms with Crippen LogP contribution in [-0.2, 0) is 7.05 Å². The van der Waals surface area contributed by atoms with E-state index in [1.165, 1.54) is 5.56 Å². The van der Waals surface area contributed by atoms with Gasteiger partial charge in [-0.2, -0.15) is 5.10 Å². The molecule has 0 aliphatic carbocycles. The summed E-state index contributed by atoms with van der Waals surface area (Å²) in [6.07, 6.45) is 3.91. The lowest BCUT2D eigenvalue weighted by atomic mass is 10.1. The lowest BCUT2D eigenvalue weighted by molar-refractivity contribution is 0.201. The zero-order valence-electron chi connectivity index (χ0n) is 9.44. The molecule has 0 aliphatic heterocycles. The van der Waals surface area contributed by atoms with E-state index in [0.29, 0.717) is 12.6 Å². The molecule has 0 bridgehead atoms. The molecule has 1 unspecified atom stereocenters. The van der Waals surface area contributed by atoms with Crippen molar-refractivity contribution in [2.45, 2.75) is 25.9 Å². The fourth-order valence-corrected chi connectivity index (χ4v) is 1.51. The van der Waals surface area contributed by atoms with Gasteiger partial charge in [0.05, 0.1) is 12.2 Å². The second-order valence-electron chi connectivity index (χ2n) is 3.96. The number of aromatic nitrogens is 2.